The highest BCUT2D eigenvalue weighted by molar-refractivity contribution is 6.32. The fraction of sp³-hybridized carbons (Fsp3) is 0.500. The lowest BCUT2D eigenvalue weighted by Gasteiger charge is -2.34. The van der Waals surface area contributed by atoms with Gasteiger partial charge in [0.25, 0.3) is 5.91 Å². The van der Waals surface area contributed by atoms with Gasteiger partial charge in [0.1, 0.15) is 11.9 Å². The standard InChI is InChI=1S/C28H36ClN3O3/c1-21(22-8-3-2-4-9-22)28(34)32-18-12-24(13-19-32)35-26-11-10-23(20-25(26)29)27(33)30-14-7-17-31-15-5-6-16-31/h2-4,8-11,20-21,24H,5-7,12-19H2,1H3,(H,30,33). The third-order valence-corrected chi connectivity index (χ3v) is 7.34. The third-order valence-electron chi connectivity index (χ3n) is 7.05. The van der Waals surface area contributed by atoms with Crippen LogP contribution in [0.4, 0.5) is 0 Å². The number of hydrogen-bond acceptors (Lipinski definition) is 4. The minimum atomic E-state index is -0.151. The van der Waals surface area contributed by atoms with Gasteiger partial charge < -0.3 is 19.9 Å². The Morgan fingerprint density at radius 2 is 1.77 bits per heavy atom. The van der Waals surface area contributed by atoms with Crippen LogP contribution in [0.25, 0.3) is 0 Å². The molecule has 0 aliphatic carbocycles. The number of likely N-dealkylation sites (tertiary alicyclic amines) is 2. The number of benzene rings is 2. The van der Waals surface area contributed by atoms with Crippen molar-refractivity contribution >= 4 is 23.4 Å². The highest BCUT2D eigenvalue weighted by atomic mass is 35.5. The molecule has 35 heavy (non-hydrogen) atoms. The minimum absolute atomic E-state index is 0.00570. The fourth-order valence-corrected chi connectivity index (χ4v) is 5.11. The molecule has 2 aliphatic heterocycles. The van der Waals surface area contributed by atoms with Gasteiger partial charge in [-0.1, -0.05) is 41.9 Å². The Labute approximate surface area is 213 Å². The van der Waals surface area contributed by atoms with Gasteiger partial charge in [0, 0.05) is 38.0 Å². The van der Waals surface area contributed by atoms with Crippen LogP contribution in [-0.4, -0.2) is 67.0 Å². The third kappa shape index (κ3) is 6.98. The summed E-state index contributed by atoms with van der Waals surface area (Å²) in [5, 5.41) is 3.42. The van der Waals surface area contributed by atoms with E-state index in [4.69, 9.17) is 16.3 Å². The molecule has 2 saturated heterocycles. The van der Waals surface area contributed by atoms with Gasteiger partial charge in [-0.15, -0.1) is 0 Å². The van der Waals surface area contributed by atoms with Crippen LogP contribution in [0.2, 0.25) is 5.02 Å². The largest absolute Gasteiger partial charge is 0.489 e. The van der Waals surface area contributed by atoms with Crippen LogP contribution in [0.15, 0.2) is 48.5 Å². The summed E-state index contributed by atoms with van der Waals surface area (Å²) in [6.07, 6.45) is 5.01. The van der Waals surface area contributed by atoms with Crippen LogP contribution in [-0.2, 0) is 4.79 Å². The van der Waals surface area contributed by atoms with Gasteiger partial charge in [-0.3, -0.25) is 9.59 Å². The van der Waals surface area contributed by atoms with Gasteiger partial charge >= 0.3 is 0 Å². The van der Waals surface area contributed by atoms with Crippen LogP contribution in [0.3, 0.4) is 0 Å². The molecule has 0 radical (unpaired) electrons. The first-order valence-corrected chi connectivity index (χ1v) is 13.2. The van der Waals surface area contributed by atoms with Gasteiger partial charge in [-0.25, -0.2) is 0 Å². The van der Waals surface area contributed by atoms with Crippen molar-refractivity contribution in [3.8, 4) is 5.75 Å². The Morgan fingerprint density at radius 3 is 2.46 bits per heavy atom. The monoisotopic (exact) mass is 497 g/mol. The molecule has 188 valence electrons. The van der Waals surface area contributed by atoms with Crippen molar-refractivity contribution in [3.63, 3.8) is 0 Å². The molecule has 6 nitrogen and oxygen atoms in total. The van der Waals surface area contributed by atoms with E-state index < -0.39 is 0 Å². The fourth-order valence-electron chi connectivity index (χ4n) is 4.88. The van der Waals surface area contributed by atoms with Gasteiger partial charge in [0.05, 0.1) is 10.9 Å². The van der Waals surface area contributed by atoms with Crippen LogP contribution >= 0.6 is 11.6 Å². The van der Waals surface area contributed by atoms with E-state index >= 15 is 0 Å². The molecule has 2 heterocycles. The van der Waals surface area contributed by atoms with Crippen molar-refractivity contribution < 1.29 is 14.3 Å². The van der Waals surface area contributed by atoms with E-state index in [0.717, 1.165) is 31.4 Å². The lowest BCUT2D eigenvalue weighted by molar-refractivity contribution is -0.134. The van der Waals surface area contributed by atoms with Crippen molar-refractivity contribution in [2.24, 2.45) is 0 Å². The minimum Gasteiger partial charge on any atom is -0.489 e. The molecule has 0 spiro atoms. The molecule has 2 aromatic rings. The van der Waals surface area contributed by atoms with E-state index in [1.165, 1.54) is 25.9 Å². The number of halogens is 1. The number of nitrogens with zero attached hydrogens (tertiary/aromatic N) is 2. The normalized spacial score (nSPS) is 17.8. The number of piperidine rings is 1. The predicted octanol–water partition coefficient (Wildman–Crippen LogP) is 4.73. The number of nitrogens with one attached hydrogen (secondary N) is 1. The van der Waals surface area contributed by atoms with Crippen LogP contribution in [0.1, 0.15) is 60.9 Å². The summed E-state index contributed by atoms with van der Waals surface area (Å²) in [6.45, 7) is 7.33. The SMILES string of the molecule is CC(C(=O)N1CCC(Oc2ccc(C(=O)NCCCN3CCCC3)cc2Cl)CC1)c1ccccc1. The number of rotatable bonds is 9. The molecule has 2 fully saturated rings. The number of carbonyl (C=O) groups excluding carboxylic acids is 2. The Morgan fingerprint density at radius 1 is 1.06 bits per heavy atom. The summed E-state index contributed by atoms with van der Waals surface area (Å²) in [4.78, 5) is 29.8. The molecule has 1 unspecified atom stereocenters. The van der Waals surface area contributed by atoms with Crippen molar-refractivity contribution in [1.29, 1.82) is 0 Å². The van der Waals surface area contributed by atoms with Crippen molar-refractivity contribution in [1.82, 2.24) is 15.1 Å². The molecular formula is C28H36ClN3O3. The molecule has 0 saturated carbocycles. The first kappa shape index (κ1) is 25.5. The van der Waals surface area contributed by atoms with Gasteiger partial charge in [-0.05, 0) is 69.6 Å². The zero-order valence-electron chi connectivity index (χ0n) is 20.5. The number of carbonyl (C=O) groups is 2. The average molecular weight is 498 g/mol. The van der Waals surface area contributed by atoms with E-state index in [2.05, 4.69) is 10.2 Å². The Bertz CT molecular complexity index is 986. The van der Waals surface area contributed by atoms with E-state index in [-0.39, 0.29) is 23.8 Å². The summed E-state index contributed by atoms with van der Waals surface area (Å²) in [7, 11) is 0. The first-order chi connectivity index (χ1) is 17.0. The van der Waals surface area contributed by atoms with Crippen LogP contribution < -0.4 is 10.1 Å². The predicted molar refractivity (Wildman–Crippen MR) is 139 cm³/mol. The lowest BCUT2D eigenvalue weighted by atomic mass is 9.98. The highest BCUT2D eigenvalue weighted by Crippen LogP contribution is 2.29. The molecule has 7 heteroatoms. The summed E-state index contributed by atoms with van der Waals surface area (Å²) in [5.74, 6) is 0.476. The van der Waals surface area contributed by atoms with Crippen molar-refractivity contribution in [2.45, 2.75) is 51.0 Å². The second-order valence-corrected chi connectivity index (χ2v) is 9.99. The Kier molecular flexibility index (Phi) is 9.05. The highest BCUT2D eigenvalue weighted by Gasteiger charge is 2.28. The molecule has 4 rings (SSSR count). The number of amides is 2. The maximum Gasteiger partial charge on any atom is 0.251 e. The number of ether oxygens (including phenoxy) is 1. The van der Waals surface area contributed by atoms with E-state index in [0.29, 0.717) is 36.0 Å². The summed E-state index contributed by atoms with van der Waals surface area (Å²) < 4.78 is 6.14. The van der Waals surface area contributed by atoms with E-state index in [9.17, 15) is 9.59 Å². The van der Waals surface area contributed by atoms with Crippen molar-refractivity contribution in [3.05, 3.63) is 64.7 Å². The molecule has 0 bridgehead atoms. The zero-order chi connectivity index (χ0) is 24.6. The smallest absolute Gasteiger partial charge is 0.251 e. The number of hydrogen-bond donors (Lipinski definition) is 1. The zero-order valence-corrected chi connectivity index (χ0v) is 21.3. The van der Waals surface area contributed by atoms with E-state index in [1.807, 2.05) is 42.2 Å². The second-order valence-electron chi connectivity index (χ2n) is 9.58. The van der Waals surface area contributed by atoms with Gasteiger partial charge in [-0.2, -0.15) is 0 Å². The molecule has 1 atom stereocenters. The first-order valence-electron chi connectivity index (χ1n) is 12.8. The van der Waals surface area contributed by atoms with Gasteiger partial charge in [0.2, 0.25) is 5.91 Å². The lowest BCUT2D eigenvalue weighted by Crippen LogP contribution is -2.43. The van der Waals surface area contributed by atoms with Crippen LogP contribution in [0.5, 0.6) is 5.75 Å². The maximum atomic E-state index is 12.9. The summed E-state index contributed by atoms with van der Waals surface area (Å²) >= 11 is 6.45. The second kappa shape index (κ2) is 12.4. The quantitative estimate of drug-likeness (QED) is 0.509. The van der Waals surface area contributed by atoms with Gasteiger partial charge in [0.15, 0.2) is 0 Å². The molecule has 0 aromatic heterocycles. The Hall–Kier alpha value is -2.57. The summed E-state index contributed by atoms with van der Waals surface area (Å²) in [5.41, 5.74) is 1.58. The van der Waals surface area contributed by atoms with Crippen LogP contribution in [0, 0.1) is 0 Å². The van der Waals surface area contributed by atoms with Crippen molar-refractivity contribution in [2.75, 3.05) is 39.3 Å². The van der Waals surface area contributed by atoms with E-state index in [1.54, 1.807) is 18.2 Å². The maximum absolute atomic E-state index is 12.9. The molecule has 2 amide bonds. The Balaban J connectivity index is 1.21. The molecule has 1 N–H and O–H groups in total. The topological polar surface area (TPSA) is 61.9 Å². The summed E-state index contributed by atoms with van der Waals surface area (Å²) in [6, 6.07) is 15.1. The average Bonchev–Trinajstić information content (AvgIpc) is 3.41. The molecule has 2 aromatic carbocycles. The molecular weight excluding hydrogens is 462 g/mol. The molecule has 2 aliphatic rings.